The number of aromatic nitrogens is 1. The lowest BCUT2D eigenvalue weighted by molar-refractivity contribution is 0.0990. The minimum atomic E-state index is -3.30. The molecule has 28 heavy (non-hydrogen) atoms. The molecule has 6 nitrogen and oxygen atoms in total. The molecule has 0 aliphatic heterocycles. The van der Waals surface area contributed by atoms with Gasteiger partial charge in [-0.3, -0.25) is 4.79 Å². The van der Waals surface area contributed by atoms with Crippen LogP contribution in [-0.2, 0) is 9.84 Å². The summed E-state index contributed by atoms with van der Waals surface area (Å²) in [5.74, 6) is 0.0580. The van der Waals surface area contributed by atoms with Gasteiger partial charge in [0.25, 0.3) is 5.91 Å². The average Bonchev–Trinajstić information content (AvgIpc) is 3.20. The van der Waals surface area contributed by atoms with Crippen molar-refractivity contribution in [3.63, 3.8) is 0 Å². The van der Waals surface area contributed by atoms with Gasteiger partial charge in [-0.25, -0.2) is 8.42 Å². The Hall–Kier alpha value is -2.77. The Labute approximate surface area is 168 Å². The maximum Gasteiger partial charge on any atom is 0.261 e. The number of halogens is 1. The number of hydrogen-bond donors (Lipinski definition) is 0. The van der Waals surface area contributed by atoms with E-state index >= 15 is 0 Å². The largest absolute Gasteiger partial charge is 0.496 e. The summed E-state index contributed by atoms with van der Waals surface area (Å²) in [6.45, 7) is 0. The van der Waals surface area contributed by atoms with Crippen LogP contribution in [0.4, 0.5) is 5.69 Å². The fourth-order valence-electron chi connectivity index (χ4n) is 2.79. The number of carbonyl (C=O) groups is 1. The summed E-state index contributed by atoms with van der Waals surface area (Å²) < 4.78 is 30.4. The predicted molar refractivity (Wildman–Crippen MR) is 110 cm³/mol. The molecule has 8 heteroatoms. The zero-order valence-corrected chi connectivity index (χ0v) is 17.2. The number of amides is 1. The number of methoxy groups -OCH3 is 1. The smallest absolute Gasteiger partial charge is 0.261 e. The molecule has 1 heterocycles. The summed E-state index contributed by atoms with van der Waals surface area (Å²) in [5.41, 5.74) is 1.54. The van der Waals surface area contributed by atoms with Crippen LogP contribution in [0.25, 0.3) is 5.69 Å². The van der Waals surface area contributed by atoms with Crippen molar-refractivity contribution in [3.8, 4) is 11.4 Å². The maximum absolute atomic E-state index is 13.0. The van der Waals surface area contributed by atoms with Crippen molar-refractivity contribution in [1.82, 2.24) is 4.57 Å². The Morgan fingerprint density at radius 2 is 1.71 bits per heavy atom. The number of nitrogens with zero attached hydrogens (tertiary/aromatic N) is 2. The van der Waals surface area contributed by atoms with Crippen LogP contribution in [0.3, 0.4) is 0 Å². The topological polar surface area (TPSA) is 68.6 Å². The normalized spacial score (nSPS) is 11.3. The first-order chi connectivity index (χ1) is 13.2. The Bertz CT molecular complexity index is 1110. The third-order valence-corrected chi connectivity index (χ3v) is 5.77. The molecule has 0 saturated heterocycles. The molecule has 0 aliphatic carbocycles. The molecular formula is C20H19ClN2O4S. The van der Waals surface area contributed by atoms with Gasteiger partial charge < -0.3 is 14.2 Å². The molecule has 146 valence electrons. The maximum atomic E-state index is 13.0. The molecule has 3 aromatic rings. The number of sulfone groups is 1. The zero-order chi connectivity index (χ0) is 20.5. The second-order valence-corrected chi connectivity index (χ2v) is 8.65. The van der Waals surface area contributed by atoms with Crippen LogP contribution in [0.5, 0.6) is 5.75 Å². The molecule has 0 bridgehead atoms. The third-order valence-electron chi connectivity index (χ3n) is 4.34. The Morgan fingerprint density at radius 1 is 1.11 bits per heavy atom. The van der Waals surface area contributed by atoms with Gasteiger partial charge in [-0.15, -0.1) is 0 Å². The fraction of sp³-hybridized carbons (Fsp3) is 0.150. The van der Waals surface area contributed by atoms with Gasteiger partial charge in [0.05, 0.1) is 28.3 Å². The second-order valence-electron chi connectivity index (χ2n) is 6.22. The molecule has 0 fully saturated rings. The predicted octanol–water partition coefficient (Wildman–Crippen LogP) is 3.82. The van der Waals surface area contributed by atoms with Crippen LogP contribution in [0.15, 0.2) is 65.8 Å². The van der Waals surface area contributed by atoms with Gasteiger partial charge in [-0.05, 0) is 42.5 Å². The van der Waals surface area contributed by atoms with E-state index in [-0.39, 0.29) is 10.8 Å². The van der Waals surface area contributed by atoms with Gasteiger partial charge in [0.2, 0.25) is 0 Å². The fourth-order valence-corrected chi connectivity index (χ4v) is 3.68. The standard InChI is InChI=1S/C20H19ClN2O4S/c1-22(14-6-8-15(9-7-14)28(3,25)26)20(24)16-12-17(21)18(13-19(16)27-2)23-10-4-5-11-23/h4-13H,1-3H3. The van der Waals surface area contributed by atoms with E-state index in [1.54, 1.807) is 31.3 Å². The van der Waals surface area contributed by atoms with Crippen LogP contribution < -0.4 is 9.64 Å². The summed E-state index contributed by atoms with van der Waals surface area (Å²) in [4.78, 5) is 14.6. The third kappa shape index (κ3) is 3.90. The summed E-state index contributed by atoms with van der Waals surface area (Å²) in [5, 5.41) is 0.404. The van der Waals surface area contributed by atoms with E-state index in [4.69, 9.17) is 16.3 Å². The van der Waals surface area contributed by atoms with E-state index < -0.39 is 9.84 Å². The van der Waals surface area contributed by atoms with Crippen LogP contribution in [-0.4, -0.2) is 39.3 Å². The quantitative estimate of drug-likeness (QED) is 0.631. The molecule has 0 spiro atoms. The SMILES string of the molecule is COc1cc(-n2cccc2)c(Cl)cc1C(=O)N(C)c1ccc(S(C)(=O)=O)cc1. The molecule has 1 aromatic heterocycles. The van der Waals surface area contributed by atoms with Crippen molar-refractivity contribution in [1.29, 1.82) is 0 Å². The van der Waals surface area contributed by atoms with Gasteiger partial charge in [-0.1, -0.05) is 11.6 Å². The minimum Gasteiger partial charge on any atom is -0.496 e. The molecule has 0 N–H and O–H groups in total. The summed E-state index contributed by atoms with van der Waals surface area (Å²) in [6.07, 6.45) is 4.82. The van der Waals surface area contributed by atoms with Gasteiger partial charge in [0.1, 0.15) is 5.75 Å². The summed E-state index contributed by atoms with van der Waals surface area (Å²) in [6, 6.07) is 13.1. The van der Waals surface area contributed by atoms with Crippen molar-refractivity contribution >= 4 is 33.0 Å². The van der Waals surface area contributed by atoms with E-state index in [0.29, 0.717) is 27.7 Å². The number of anilines is 1. The Kier molecular flexibility index (Phi) is 5.49. The first-order valence-electron chi connectivity index (χ1n) is 8.31. The Morgan fingerprint density at radius 3 is 2.25 bits per heavy atom. The number of ether oxygens (including phenoxy) is 1. The van der Waals surface area contributed by atoms with E-state index in [9.17, 15) is 13.2 Å². The Balaban J connectivity index is 1.96. The first-order valence-corrected chi connectivity index (χ1v) is 10.6. The van der Waals surface area contributed by atoms with E-state index in [1.807, 2.05) is 29.1 Å². The molecule has 0 radical (unpaired) electrons. The van der Waals surface area contributed by atoms with Crippen LogP contribution >= 0.6 is 11.6 Å². The molecule has 2 aromatic carbocycles. The van der Waals surface area contributed by atoms with Crippen molar-refractivity contribution in [3.05, 3.63) is 71.5 Å². The van der Waals surface area contributed by atoms with Crippen molar-refractivity contribution in [2.45, 2.75) is 4.90 Å². The highest BCUT2D eigenvalue weighted by atomic mass is 35.5. The van der Waals surface area contributed by atoms with Crippen molar-refractivity contribution in [2.24, 2.45) is 0 Å². The second kappa shape index (κ2) is 7.69. The van der Waals surface area contributed by atoms with Crippen LogP contribution in [0.2, 0.25) is 5.02 Å². The highest BCUT2D eigenvalue weighted by Crippen LogP contribution is 2.31. The van der Waals surface area contributed by atoms with Crippen LogP contribution in [0, 0.1) is 0 Å². The van der Waals surface area contributed by atoms with Crippen molar-refractivity contribution < 1.29 is 17.9 Å². The molecule has 0 saturated carbocycles. The average molecular weight is 419 g/mol. The summed E-state index contributed by atoms with van der Waals surface area (Å²) >= 11 is 6.40. The number of benzene rings is 2. The lowest BCUT2D eigenvalue weighted by Crippen LogP contribution is -2.26. The van der Waals surface area contributed by atoms with Crippen LogP contribution in [0.1, 0.15) is 10.4 Å². The number of hydrogen-bond acceptors (Lipinski definition) is 4. The molecule has 3 rings (SSSR count). The number of carbonyl (C=O) groups excluding carboxylic acids is 1. The van der Waals surface area contributed by atoms with E-state index in [0.717, 1.165) is 6.26 Å². The molecule has 1 amide bonds. The van der Waals surface area contributed by atoms with Gasteiger partial charge in [0.15, 0.2) is 9.84 Å². The van der Waals surface area contributed by atoms with Crippen molar-refractivity contribution in [2.75, 3.05) is 25.3 Å². The molecule has 0 atom stereocenters. The molecular weight excluding hydrogens is 400 g/mol. The summed E-state index contributed by atoms with van der Waals surface area (Å²) in [7, 11) is -0.215. The van der Waals surface area contributed by atoms with Gasteiger partial charge in [-0.2, -0.15) is 0 Å². The first kappa shape index (κ1) is 20.0. The molecule has 0 aliphatic rings. The van der Waals surface area contributed by atoms with Gasteiger partial charge in [0, 0.05) is 37.5 Å². The van der Waals surface area contributed by atoms with E-state index in [2.05, 4.69) is 0 Å². The minimum absolute atomic E-state index is 0.189. The highest BCUT2D eigenvalue weighted by Gasteiger charge is 2.21. The monoisotopic (exact) mass is 418 g/mol. The lowest BCUT2D eigenvalue weighted by atomic mass is 10.1. The zero-order valence-electron chi connectivity index (χ0n) is 15.6. The van der Waals surface area contributed by atoms with E-state index in [1.165, 1.54) is 24.1 Å². The molecule has 0 unspecified atom stereocenters. The number of rotatable bonds is 5. The van der Waals surface area contributed by atoms with Gasteiger partial charge >= 0.3 is 0 Å². The lowest BCUT2D eigenvalue weighted by Gasteiger charge is -2.20. The highest BCUT2D eigenvalue weighted by molar-refractivity contribution is 7.90.